The number of nitrogens with zero attached hydrogens (tertiary/aromatic N) is 1. The Morgan fingerprint density at radius 1 is 1.36 bits per heavy atom. The minimum atomic E-state index is 0.209. The zero-order chi connectivity index (χ0) is 11.0. The lowest BCUT2D eigenvalue weighted by molar-refractivity contribution is -0.130. The standard InChI is InChI=1S/C9H18N2O.C2H6/c1-8(12)11-6-3-9(2-5-10)4-7-11;1-2/h9H,2-7,10H2,1H3;1-2H3. The summed E-state index contributed by atoms with van der Waals surface area (Å²) in [5.74, 6) is 0.965. The molecule has 1 heterocycles. The number of likely N-dealkylation sites (tertiary alicyclic amines) is 1. The second-order valence-electron chi connectivity index (χ2n) is 3.53. The van der Waals surface area contributed by atoms with E-state index in [4.69, 9.17) is 5.73 Å². The van der Waals surface area contributed by atoms with Crippen molar-refractivity contribution < 1.29 is 4.79 Å². The van der Waals surface area contributed by atoms with Gasteiger partial charge >= 0.3 is 0 Å². The van der Waals surface area contributed by atoms with E-state index in [-0.39, 0.29) is 5.91 Å². The molecule has 0 aromatic rings. The second kappa shape index (κ2) is 7.80. The maximum atomic E-state index is 11.0. The summed E-state index contributed by atoms with van der Waals surface area (Å²) in [6.07, 6.45) is 3.39. The molecule has 0 spiro atoms. The molecule has 0 radical (unpaired) electrons. The molecule has 0 bridgehead atoms. The van der Waals surface area contributed by atoms with Crippen LogP contribution in [0.25, 0.3) is 0 Å². The van der Waals surface area contributed by atoms with E-state index in [1.165, 1.54) is 0 Å². The molecule has 3 nitrogen and oxygen atoms in total. The molecule has 1 aliphatic rings. The zero-order valence-electron chi connectivity index (χ0n) is 9.75. The number of hydrogen-bond acceptors (Lipinski definition) is 2. The molecule has 1 amide bonds. The first kappa shape index (κ1) is 13.4. The molecule has 3 heteroatoms. The van der Waals surface area contributed by atoms with Gasteiger partial charge in [-0.25, -0.2) is 0 Å². The van der Waals surface area contributed by atoms with Crippen LogP contribution in [0, 0.1) is 5.92 Å². The van der Waals surface area contributed by atoms with Gasteiger partial charge in [-0.15, -0.1) is 0 Å². The Balaban J connectivity index is 0.000000791. The van der Waals surface area contributed by atoms with E-state index >= 15 is 0 Å². The Morgan fingerprint density at radius 2 is 1.86 bits per heavy atom. The number of hydrogen-bond donors (Lipinski definition) is 1. The summed E-state index contributed by atoms with van der Waals surface area (Å²) in [7, 11) is 0. The van der Waals surface area contributed by atoms with Crippen molar-refractivity contribution in [2.45, 2.75) is 40.0 Å². The molecule has 1 aliphatic heterocycles. The van der Waals surface area contributed by atoms with Crippen LogP contribution in [0.1, 0.15) is 40.0 Å². The number of amides is 1. The predicted molar refractivity (Wildman–Crippen MR) is 60.0 cm³/mol. The second-order valence-corrected chi connectivity index (χ2v) is 3.53. The normalized spacial score (nSPS) is 17.3. The van der Waals surface area contributed by atoms with Crippen LogP contribution in [0.2, 0.25) is 0 Å². The Kier molecular flexibility index (Phi) is 7.48. The molecule has 0 aliphatic carbocycles. The molecule has 0 aromatic carbocycles. The Morgan fingerprint density at radius 3 is 2.21 bits per heavy atom. The van der Waals surface area contributed by atoms with Gasteiger partial charge in [0.1, 0.15) is 0 Å². The summed E-state index contributed by atoms with van der Waals surface area (Å²) in [4.78, 5) is 12.9. The minimum Gasteiger partial charge on any atom is -0.343 e. The Labute approximate surface area is 87.6 Å². The average molecular weight is 200 g/mol. The highest BCUT2D eigenvalue weighted by Gasteiger charge is 2.19. The molecule has 0 aromatic heterocycles. The highest BCUT2D eigenvalue weighted by Crippen LogP contribution is 2.19. The summed E-state index contributed by atoms with van der Waals surface area (Å²) in [5, 5.41) is 0. The fraction of sp³-hybridized carbons (Fsp3) is 0.909. The van der Waals surface area contributed by atoms with Gasteiger partial charge < -0.3 is 10.6 Å². The third-order valence-electron chi connectivity index (χ3n) is 2.63. The maximum absolute atomic E-state index is 11.0. The average Bonchev–Trinajstić information content (AvgIpc) is 2.22. The zero-order valence-corrected chi connectivity index (χ0v) is 9.75. The van der Waals surface area contributed by atoms with Crippen LogP contribution in [0.5, 0.6) is 0 Å². The van der Waals surface area contributed by atoms with Crippen LogP contribution >= 0.6 is 0 Å². The number of rotatable bonds is 2. The molecule has 0 unspecified atom stereocenters. The van der Waals surface area contributed by atoms with E-state index < -0.39 is 0 Å². The van der Waals surface area contributed by atoms with Gasteiger partial charge in [0.15, 0.2) is 0 Å². The van der Waals surface area contributed by atoms with Crippen LogP contribution in [0.4, 0.5) is 0 Å². The summed E-state index contributed by atoms with van der Waals surface area (Å²) < 4.78 is 0. The van der Waals surface area contributed by atoms with Crippen molar-refractivity contribution in [3.05, 3.63) is 0 Å². The van der Waals surface area contributed by atoms with Gasteiger partial charge in [-0.2, -0.15) is 0 Å². The summed E-state index contributed by atoms with van der Waals surface area (Å²) >= 11 is 0. The van der Waals surface area contributed by atoms with Gasteiger partial charge in [0, 0.05) is 20.0 Å². The number of carbonyl (C=O) groups is 1. The number of piperidine rings is 1. The molecular formula is C11H24N2O. The Bertz CT molecular complexity index is 151. The lowest BCUT2D eigenvalue weighted by Crippen LogP contribution is -2.37. The highest BCUT2D eigenvalue weighted by molar-refractivity contribution is 5.73. The first-order valence-electron chi connectivity index (χ1n) is 5.69. The van der Waals surface area contributed by atoms with Crippen LogP contribution in [0.3, 0.4) is 0 Å². The lowest BCUT2D eigenvalue weighted by atomic mass is 9.94. The fourth-order valence-corrected chi connectivity index (χ4v) is 1.77. The van der Waals surface area contributed by atoms with E-state index in [2.05, 4.69) is 0 Å². The molecule has 84 valence electrons. The van der Waals surface area contributed by atoms with Crippen molar-refractivity contribution >= 4 is 5.91 Å². The smallest absolute Gasteiger partial charge is 0.219 e. The van der Waals surface area contributed by atoms with E-state index in [0.717, 1.165) is 44.8 Å². The van der Waals surface area contributed by atoms with E-state index in [0.29, 0.717) is 0 Å². The van der Waals surface area contributed by atoms with Crippen molar-refractivity contribution in [1.29, 1.82) is 0 Å². The third kappa shape index (κ3) is 4.61. The number of carbonyl (C=O) groups excluding carboxylic acids is 1. The molecule has 14 heavy (non-hydrogen) atoms. The molecule has 1 rings (SSSR count). The van der Waals surface area contributed by atoms with Crippen LogP contribution in [-0.4, -0.2) is 30.4 Å². The number of nitrogens with two attached hydrogens (primary N) is 1. The predicted octanol–water partition coefficient (Wildman–Crippen LogP) is 1.62. The van der Waals surface area contributed by atoms with Crippen molar-refractivity contribution in [2.24, 2.45) is 11.7 Å². The van der Waals surface area contributed by atoms with E-state index in [1.807, 2.05) is 18.7 Å². The van der Waals surface area contributed by atoms with E-state index in [9.17, 15) is 4.79 Å². The van der Waals surface area contributed by atoms with Gasteiger partial charge in [-0.3, -0.25) is 4.79 Å². The first-order valence-corrected chi connectivity index (χ1v) is 5.69. The molecule has 1 saturated heterocycles. The van der Waals surface area contributed by atoms with Crippen molar-refractivity contribution in [2.75, 3.05) is 19.6 Å². The van der Waals surface area contributed by atoms with Crippen molar-refractivity contribution in [3.8, 4) is 0 Å². The SMILES string of the molecule is CC.CC(=O)N1CCC(CCN)CC1. The van der Waals surface area contributed by atoms with Crippen molar-refractivity contribution in [1.82, 2.24) is 4.90 Å². The maximum Gasteiger partial charge on any atom is 0.219 e. The van der Waals surface area contributed by atoms with Gasteiger partial charge in [0.2, 0.25) is 5.91 Å². The summed E-state index contributed by atoms with van der Waals surface area (Å²) in [6, 6.07) is 0. The molecular weight excluding hydrogens is 176 g/mol. The topological polar surface area (TPSA) is 46.3 Å². The molecule has 0 saturated carbocycles. The summed E-state index contributed by atoms with van der Waals surface area (Å²) in [6.45, 7) is 8.29. The van der Waals surface area contributed by atoms with E-state index in [1.54, 1.807) is 6.92 Å². The van der Waals surface area contributed by atoms with Crippen LogP contribution < -0.4 is 5.73 Å². The molecule has 2 N–H and O–H groups in total. The molecule has 1 fully saturated rings. The minimum absolute atomic E-state index is 0.209. The van der Waals surface area contributed by atoms with Crippen LogP contribution in [-0.2, 0) is 4.79 Å². The quantitative estimate of drug-likeness (QED) is 0.736. The highest BCUT2D eigenvalue weighted by atomic mass is 16.2. The van der Waals surface area contributed by atoms with Gasteiger partial charge in [0.05, 0.1) is 0 Å². The molecule has 0 atom stereocenters. The fourth-order valence-electron chi connectivity index (χ4n) is 1.77. The van der Waals surface area contributed by atoms with Gasteiger partial charge in [-0.1, -0.05) is 13.8 Å². The third-order valence-corrected chi connectivity index (χ3v) is 2.63. The lowest BCUT2D eigenvalue weighted by Gasteiger charge is -2.30. The summed E-state index contributed by atoms with van der Waals surface area (Å²) in [5.41, 5.74) is 5.47. The monoisotopic (exact) mass is 200 g/mol. The van der Waals surface area contributed by atoms with Crippen LogP contribution in [0.15, 0.2) is 0 Å². The largest absolute Gasteiger partial charge is 0.343 e. The van der Waals surface area contributed by atoms with Crippen molar-refractivity contribution in [3.63, 3.8) is 0 Å². The van der Waals surface area contributed by atoms with Gasteiger partial charge in [0.25, 0.3) is 0 Å². The Hall–Kier alpha value is -0.570. The van der Waals surface area contributed by atoms with Gasteiger partial charge in [-0.05, 0) is 31.7 Å². The first-order chi connectivity index (χ1) is 6.74.